The molecule has 20 heavy (non-hydrogen) atoms. The van der Waals surface area contributed by atoms with E-state index in [0.29, 0.717) is 18.4 Å². The van der Waals surface area contributed by atoms with E-state index in [1.807, 2.05) is 0 Å². The van der Waals surface area contributed by atoms with Gasteiger partial charge < -0.3 is 14.8 Å². The summed E-state index contributed by atoms with van der Waals surface area (Å²) in [4.78, 5) is 4.60. The Bertz CT molecular complexity index is 376. The number of ether oxygens (including phenoxy) is 2. The van der Waals surface area contributed by atoms with Crippen molar-refractivity contribution in [2.24, 2.45) is 11.8 Å². The highest BCUT2D eigenvalue weighted by Crippen LogP contribution is 2.16. The lowest BCUT2D eigenvalue weighted by molar-refractivity contribution is 0.0151. The zero-order valence-electron chi connectivity index (χ0n) is 12.6. The fourth-order valence-corrected chi connectivity index (χ4v) is 2.96. The van der Waals surface area contributed by atoms with Crippen molar-refractivity contribution >= 4 is 11.3 Å². The number of aromatic nitrogens is 1. The van der Waals surface area contributed by atoms with E-state index in [1.54, 1.807) is 11.3 Å². The van der Waals surface area contributed by atoms with Crippen molar-refractivity contribution in [1.82, 2.24) is 10.3 Å². The van der Waals surface area contributed by atoms with Gasteiger partial charge >= 0.3 is 0 Å². The van der Waals surface area contributed by atoms with Crippen LogP contribution in [0.5, 0.6) is 0 Å². The predicted octanol–water partition coefficient (Wildman–Crippen LogP) is 2.83. The van der Waals surface area contributed by atoms with Crippen molar-refractivity contribution in [1.29, 1.82) is 0 Å². The highest BCUT2D eigenvalue weighted by atomic mass is 32.1. The third kappa shape index (κ3) is 5.87. The summed E-state index contributed by atoms with van der Waals surface area (Å²) < 4.78 is 11.1. The number of hydrogen-bond donors (Lipinski definition) is 1. The van der Waals surface area contributed by atoms with Crippen LogP contribution in [0.2, 0.25) is 0 Å². The van der Waals surface area contributed by atoms with Crippen LogP contribution >= 0.6 is 11.3 Å². The normalized spacial score (nSPS) is 16.9. The quantitative estimate of drug-likeness (QED) is 0.801. The average Bonchev–Trinajstić information content (AvgIpc) is 2.87. The third-order valence-electron chi connectivity index (χ3n) is 3.37. The second kappa shape index (κ2) is 8.72. The Morgan fingerprint density at radius 3 is 3.00 bits per heavy atom. The van der Waals surface area contributed by atoms with Gasteiger partial charge in [0.2, 0.25) is 0 Å². The summed E-state index contributed by atoms with van der Waals surface area (Å²) in [7, 11) is 0. The van der Waals surface area contributed by atoms with Gasteiger partial charge in [0.1, 0.15) is 5.01 Å². The highest BCUT2D eigenvalue weighted by molar-refractivity contribution is 7.09. The lowest BCUT2D eigenvalue weighted by Gasteiger charge is -2.21. The number of nitrogens with zero attached hydrogens (tertiary/aromatic N) is 1. The maximum atomic E-state index is 5.78. The molecule has 0 spiro atoms. The summed E-state index contributed by atoms with van der Waals surface area (Å²) in [6.07, 6.45) is 2.25. The fraction of sp³-hybridized carbons (Fsp3) is 0.800. The largest absolute Gasteiger partial charge is 0.381 e. The van der Waals surface area contributed by atoms with Crippen LogP contribution in [0.15, 0.2) is 5.38 Å². The van der Waals surface area contributed by atoms with Crippen molar-refractivity contribution in [2.45, 2.75) is 39.8 Å². The lowest BCUT2D eigenvalue weighted by atomic mass is 10.0. The maximum absolute atomic E-state index is 5.78. The molecule has 0 atom stereocenters. The summed E-state index contributed by atoms with van der Waals surface area (Å²) in [6, 6.07) is 0. The monoisotopic (exact) mass is 298 g/mol. The van der Waals surface area contributed by atoms with Crippen LogP contribution in [0.4, 0.5) is 0 Å². The maximum Gasteiger partial charge on any atom is 0.107 e. The van der Waals surface area contributed by atoms with Crippen LogP contribution in [-0.4, -0.2) is 31.3 Å². The highest BCUT2D eigenvalue weighted by Gasteiger charge is 2.14. The molecule has 0 bridgehead atoms. The predicted molar refractivity (Wildman–Crippen MR) is 81.9 cm³/mol. The minimum Gasteiger partial charge on any atom is -0.381 e. The first-order valence-electron chi connectivity index (χ1n) is 7.53. The molecule has 1 aliphatic heterocycles. The van der Waals surface area contributed by atoms with E-state index in [2.05, 4.69) is 29.5 Å². The van der Waals surface area contributed by atoms with Gasteiger partial charge in [0.05, 0.1) is 18.9 Å². The van der Waals surface area contributed by atoms with Crippen molar-refractivity contribution in [3.05, 3.63) is 16.1 Å². The van der Waals surface area contributed by atoms with Gasteiger partial charge in [0.25, 0.3) is 0 Å². The van der Waals surface area contributed by atoms with Gasteiger partial charge in [-0.25, -0.2) is 4.98 Å². The van der Waals surface area contributed by atoms with E-state index in [4.69, 9.17) is 9.47 Å². The molecule has 4 nitrogen and oxygen atoms in total. The van der Waals surface area contributed by atoms with Gasteiger partial charge in [-0.05, 0) is 31.2 Å². The molecule has 5 heteroatoms. The Hall–Kier alpha value is -0.490. The summed E-state index contributed by atoms with van der Waals surface area (Å²) >= 11 is 1.71. The zero-order valence-corrected chi connectivity index (χ0v) is 13.4. The minimum atomic E-state index is 0.637. The van der Waals surface area contributed by atoms with Crippen LogP contribution in [0.25, 0.3) is 0 Å². The van der Waals surface area contributed by atoms with Gasteiger partial charge in [-0.2, -0.15) is 0 Å². The first kappa shape index (κ1) is 15.9. The lowest BCUT2D eigenvalue weighted by Crippen LogP contribution is -2.20. The molecule has 1 fully saturated rings. The number of hydrogen-bond acceptors (Lipinski definition) is 5. The van der Waals surface area contributed by atoms with Gasteiger partial charge in [0.15, 0.2) is 0 Å². The average molecular weight is 298 g/mol. The van der Waals surface area contributed by atoms with E-state index in [9.17, 15) is 0 Å². The SMILES string of the molecule is CC(C)CNCc1nc(COCC2CCOCC2)cs1. The van der Waals surface area contributed by atoms with Gasteiger partial charge in [-0.15, -0.1) is 11.3 Å². The second-order valence-corrected chi connectivity index (χ2v) is 6.77. The molecule has 1 aromatic rings. The number of rotatable bonds is 8. The molecule has 0 aliphatic carbocycles. The molecular formula is C15H26N2O2S. The van der Waals surface area contributed by atoms with Crippen molar-refractivity contribution in [3.8, 4) is 0 Å². The Kier molecular flexibility index (Phi) is 6.93. The second-order valence-electron chi connectivity index (χ2n) is 5.83. The molecule has 0 saturated carbocycles. The van der Waals surface area contributed by atoms with Crippen molar-refractivity contribution < 1.29 is 9.47 Å². The van der Waals surface area contributed by atoms with E-state index in [1.165, 1.54) is 0 Å². The smallest absolute Gasteiger partial charge is 0.107 e. The molecule has 1 aliphatic rings. The zero-order chi connectivity index (χ0) is 14.2. The first-order valence-corrected chi connectivity index (χ1v) is 8.41. The Balaban J connectivity index is 1.62. The van der Waals surface area contributed by atoms with Crippen LogP contribution in [0.3, 0.4) is 0 Å². The topological polar surface area (TPSA) is 43.4 Å². The van der Waals surface area contributed by atoms with E-state index in [-0.39, 0.29) is 0 Å². The van der Waals surface area contributed by atoms with Crippen LogP contribution in [0.1, 0.15) is 37.4 Å². The van der Waals surface area contributed by atoms with Crippen molar-refractivity contribution in [2.75, 3.05) is 26.4 Å². The summed E-state index contributed by atoms with van der Waals surface area (Å²) in [5.41, 5.74) is 1.06. The van der Waals surface area contributed by atoms with Crippen LogP contribution < -0.4 is 5.32 Å². The summed E-state index contributed by atoms with van der Waals surface area (Å²) in [6.45, 7) is 9.57. The standard InChI is InChI=1S/C15H26N2O2S/c1-12(2)7-16-8-15-17-14(11-20-15)10-19-9-13-3-5-18-6-4-13/h11-13,16H,3-10H2,1-2H3. The summed E-state index contributed by atoms with van der Waals surface area (Å²) in [5.74, 6) is 1.34. The van der Waals surface area contributed by atoms with Crippen LogP contribution in [0, 0.1) is 11.8 Å². The third-order valence-corrected chi connectivity index (χ3v) is 4.27. The molecule has 1 aromatic heterocycles. The number of nitrogens with one attached hydrogen (secondary N) is 1. The Labute approximate surface area is 125 Å². The van der Waals surface area contributed by atoms with Crippen molar-refractivity contribution in [3.63, 3.8) is 0 Å². The Morgan fingerprint density at radius 1 is 1.45 bits per heavy atom. The van der Waals surface area contributed by atoms with Gasteiger partial charge in [0, 0.05) is 25.1 Å². The number of thiazole rings is 1. The molecule has 1 N–H and O–H groups in total. The van der Waals surface area contributed by atoms with E-state index < -0.39 is 0 Å². The molecule has 2 heterocycles. The molecule has 0 aromatic carbocycles. The molecular weight excluding hydrogens is 272 g/mol. The first-order chi connectivity index (χ1) is 9.74. The Morgan fingerprint density at radius 2 is 2.25 bits per heavy atom. The molecule has 114 valence electrons. The van der Waals surface area contributed by atoms with Gasteiger partial charge in [-0.1, -0.05) is 13.8 Å². The molecule has 1 saturated heterocycles. The van der Waals surface area contributed by atoms with Gasteiger partial charge in [-0.3, -0.25) is 0 Å². The fourth-order valence-electron chi connectivity index (χ4n) is 2.21. The van der Waals surface area contributed by atoms with E-state index in [0.717, 1.165) is 56.5 Å². The molecule has 0 amide bonds. The van der Waals surface area contributed by atoms with Crippen LogP contribution in [-0.2, 0) is 22.6 Å². The molecule has 0 unspecified atom stereocenters. The molecule has 2 rings (SSSR count). The van der Waals surface area contributed by atoms with E-state index >= 15 is 0 Å². The minimum absolute atomic E-state index is 0.637. The summed E-state index contributed by atoms with van der Waals surface area (Å²) in [5, 5.41) is 6.67. The molecule has 0 radical (unpaired) electrons.